The molecule has 1 aromatic heterocycles. The van der Waals surface area contributed by atoms with E-state index in [1.807, 2.05) is 7.05 Å². The Morgan fingerprint density at radius 1 is 1.44 bits per heavy atom. The van der Waals surface area contributed by atoms with Gasteiger partial charge in [0, 0.05) is 17.5 Å². The summed E-state index contributed by atoms with van der Waals surface area (Å²) in [5.74, 6) is -0.541. The molecule has 4 nitrogen and oxygen atoms in total. The summed E-state index contributed by atoms with van der Waals surface area (Å²) < 4.78 is 15.2. The largest absolute Gasteiger partial charge is 0.311 e. The van der Waals surface area contributed by atoms with Crippen molar-refractivity contribution in [2.45, 2.75) is 23.9 Å². The molecule has 6 heteroatoms. The fourth-order valence-electron chi connectivity index (χ4n) is 1.48. The summed E-state index contributed by atoms with van der Waals surface area (Å²) in [6.45, 7) is 3.09. The number of halogens is 1. The lowest BCUT2D eigenvalue weighted by molar-refractivity contribution is 0.101. The van der Waals surface area contributed by atoms with Gasteiger partial charge in [-0.1, -0.05) is 0 Å². The molecule has 0 amide bonds. The smallest absolute Gasteiger partial charge is 0.195 e. The lowest BCUT2D eigenvalue weighted by atomic mass is 10.1. The molecular formula is C12H12FN3OS. The Bertz CT molecular complexity index is 609. The number of Topliss-reactive ketones (excluding diaryl/α,β-unsaturated/α-hetero) is 1. The number of carbonyl (C=O) groups is 1. The van der Waals surface area contributed by atoms with E-state index in [0.717, 1.165) is 0 Å². The summed E-state index contributed by atoms with van der Waals surface area (Å²) in [7, 11) is 1.81. The number of aryl methyl sites for hydroxylation is 2. The average molecular weight is 265 g/mol. The van der Waals surface area contributed by atoms with Crippen LogP contribution in [0.3, 0.4) is 0 Å². The van der Waals surface area contributed by atoms with Crippen LogP contribution in [0.2, 0.25) is 0 Å². The number of hydrogen-bond acceptors (Lipinski definition) is 4. The minimum Gasteiger partial charge on any atom is -0.311 e. The minimum absolute atomic E-state index is 0.168. The average Bonchev–Trinajstić information content (AvgIpc) is 2.69. The molecule has 0 radical (unpaired) electrons. The molecule has 0 spiro atoms. The maximum absolute atomic E-state index is 13.5. The van der Waals surface area contributed by atoms with Crippen molar-refractivity contribution in [3.8, 4) is 0 Å². The van der Waals surface area contributed by atoms with Crippen molar-refractivity contribution >= 4 is 17.5 Å². The second kappa shape index (κ2) is 4.89. The maximum atomic E-state index is 13.5. The van der Waals surface area contributed by atoms with Gasteiger partial charge >= 0.3 is 0 Å². The van der Waals surface area contributed by atoms with Gasteiger partial charge in [-0.05, 0) is 43.3 Å². The van der Waals surface area contributed by atoms with E-state index in [-0.39, 0.29) is 11.6 Å². The molecule has 0 unspecified atom stereocenters. The Morgan fingerprint density at radius 3 is 2.72 bits per heavy atom. The SMILES string of the molecule is CC(=O)c1cc(F)c(C)cc1Sc1nncn1C. The third-order valence-corrected chi connectivity index (χ3v) is 3.62. The molecule has 0 aliphatic rings. The number of ketones is 1. The quantitative estimate of drug-likeness (QED) is 0.800. The molecule has 1 aromatic carbocycles. The summed E-state index contributed by atoms with van der Waals surface area (Å²) in [5.41, 5.74) is 0.871. The van der Waals surface area contributed by atoms with Gasteiger partial charge in [0.25, 0.3) is 0 Å². The first-order valence-electron chi connectivity index (χ1n) is 5.32. The Labute approximate surface area is 108 Å². The van der Waals surface area contributed by atoms with E-state index in [4.69, 9.17) is 0 Å². The molecule has 1 heterocycles. The van der Waals surface area contributed by atoms with Gasteiger partial charge < -0.3 is 4.57 Å². The highest BCUT2D eigenvalue weighted by atomic mass is 32.2. The summed E-state index contributed by atoms with van der Waals surface area (Å²) in [4.78, 5) is 12.2. The Balaban J connectivity index is 2.46. The summed E-state index contributed by atoms with van der Waals surface area (Å²) in [6.07, 6.45) is 1.58. The summed E-state index contributed by atoms with van der Waals surface area (Å²) in [5, 5.41) is 8.36. The van der Waals surface area contributed by atoms with E-state index in [1.54, 1.807) is 23.9 Å². The van der Waals surface area contributed by atoms with Crippen LogP contribution in [0.1, 0.15) is 22.8 Å². The molecule has 2 aromatic rings. The predicted molar refractivity (Wildman–Crippen MR) is 66.3 cm³/mol. The predicted octanol–water partition coefficient (Wildman–Crippen LogP) is 2.62. The van der Waals surface area contributed by atoms with Gasteiger partial charge in [0.05, 0.1) is 0 Å². The fourth-order valence-corrected chi connectivity index (χ4v) is 2.50. The fraction of sp³-hybridized carbons (Fsp3) is 0.250. The van der Waals surface area contributed by atoms with Crippen LogP contribution in [0.4, 0.5) is 4.39 Å². The first-order valence-corrected chi connectivity index (χ1v) is 6.13. The molecule has 94 valence electrons. The molecule has 0 aliphatic carbocycles. The van der Waals surface area contributed by atoms with Crippen LogP contribution in [-0.2, 0) is 7.05 Å². The molecule has 2 rings (SSSR count). The van der Waals surface area contributed by atoms with Crippen LogP contribution in [0.15, 0.2) is 28.5 Å². The highest BCUT2D eigenvalue weighted by molar-refractivity contribution is 7.99. The minimum atomic E-state index is -0.373. The topological polar surface area (TPSA) is 47.8 Å². The van der Waals surface area contributed by atoms with Gasteiger partial charge in [0.15, 0.2) is 10.9 Å². The van der Waals surface area contributed by atoms with E-state index in [1.165, 1.54) is 24.8 Å². The highest BCUT2D eigenvalue weighted by Gasteiger charge is 2.14. The molecule has 0 saturated carbocycles. The van der Waals surface area contributed by atoms with Gasteiger partial charge in [0.1, 0.15) is 12.1 Å². The van der Waals surface area contributed by atoms with Gasteiger partial charge in [-0.2, -0.15) is 0 Å². The normalized spacial score (nSPS) is 10.7. The van der Waals surface area contributed by atoms with Crippen LogP contribution in [0.25, 0.3) is 0 Å². The zero-order valence-electron chi connectivity index (χ0n) is 10.3. The van der Waals surface area contributed by atoms with Crippen molar-refractivity contribution in [2.24, 2.45) is 7.05 Å². The first kappa shape index (κ1) is 12.8. The van der Waals surface area contributed by atoms with E-state index >= 15 is 0 Å². The number of aromatic nitrogens is 3. The molecular weight excluding hydrogens is 253 g/mol. The van der Waals surface area contributed by atoms with Crippen LogP contribution in [0.5, 0.6) is 0 Å². The number of carbonyl (C=O) groups excluding carboxylic acids is 1. The van der Waals surface area contributed by atoms with Crippen LogP contribution < -0.4 is 0 Å². The van der Waals surface area contributed by atoms with E-state index in [0.29, 0.717) is 21.2 Å². The molecule has 0 saturated heterocycles. The molecule has 0 N–H and O–H groups in total. The van der Waals surface area contributed by atoms with E-state index in [2.05, 4.69) is 10.2 Å². The Kier molecular flexibility index (Phi) is 3.47. The van der Waals surface area contributed by atoms with Crippen LogP contribution >= 0.6 is 11.8 Å². The lowest BCUT2D eigenvalue weighted by Gasteiger charge is -2.08. The number of hydrogen-bond donors (Lipinski definition) is 0. The van der Waals surface area contributed by atoms with Gasteiger partial charge in [-0.25, -0.2) is 4.39 Å². The summed E-state index contributed by atoms with van der Waals surface area (Å²) >= 11 is 1.30. The number of nitrogens with zero attached hydrogens (tertiary/aromatic N) is 3. The van der Waals surface area contributed by atoms with Crippen LogP contribution in [0, 0.1) is 12.7 Å². The van der Waals surface area contributed by atoms with Gasteiger partial charge in [-0.3, -0.25) is 4.79 Å². The maximum Gasteiger partial charge on any atom is 0.195 e. The summed E-state index contributed by atoms with van der Waals surface area (Å²) in [6, 6.07) is 2.93. The monoisotopic (exact) mass is 265 g/mol. The Hall–Kier alpha value is -1.69. The highest BCUT2D eigenvalue weighted by Crippen LogP contribution is 2.30. The molecule has 0 fully saturated rings. The molecule has 18 heavy (non-hydrogen) atoms. The zero-order valence-corrected chi connectivity index (χ0v) is 11.1. The second-order valence-corrected chi connectivity index (χ2v) is 4.99. The number of benzene rings is 1. The standard InChI is InChI=1S/C12H12FN3OS/c1-7-4-11(9(8(2)17)5-10(7)13)18-12-15-14-6-16(12)3/h4-6H,1-3H3. The third kappa shape index (κ3) is 2.43. The van der Waals surface area contributed by atoms with Crippen LogP contribution in [-0.4, -0.2) is 20.5 Å². The molecule has 0 bridgehead atoms. The van der Waals surface area contributed by atoms with Crippen molar-refractivity contribution in [2.75, 3.05) is 0 Å². The van der Waals surface area contributed by atoms with Gasteiger partial charge in [0.2, 0.25) is 0 Å². The van der Waals surface area contributed by atoms with Crippen molar-refractivity contribution in [1.29, 1.82) is 0 Å². The molecule has 0 atom stereocenters. The first-order chi connectivity index (χ1) is 8.49. The Morgan fingerprint density at radius 2 is 2.17 bits per heavy atom. The van der Waals surface area contributed by atoms with Crippen molar-refractivity contribution < 1.29 is 9.18 Å². The van der Waals surface area contributed by atoms with Crippen molar-refractivity contribution in [3.63, 3.8) is 0 Å². The van der Waals surface area contributed by atoms with E-state index < -0.39 is 0 Å². The molecule has 0 aliphatic heterocycles. The lowest BCUT2D eigenvalue weighted by Crippen LogP contribution is -1.99. The number of rotatable bonds is 3. The zero-order chi connectivity index (χ0) is 13.3. The second-order valence-electron chi connectivity index (χ2n) is 3.98. The van der Waals surface area contributed by atoms with Crippen molar-refractivity contribution in [3.05, 3.63) is 35.4 Å². The van der Waals surface area contributed by atoms with Crippen molar-refractivity contribution in [1.82, 2.24) is 14.8 Å². The third-order valence-electron chi connectivity index (χ3n) is 2.51. The van der Waals surface area contributed by atoms with Gasteiger partial charge in [-0.15, -0.1) is 10.2 Å². The van der Waals surface area contributed by atoms with E-state index in [9.17, 15) is 9.18 Å².